The van der Waals surface area contributed by atoms with Crippen molar-refractivity contribution < 1.29 is 9.50 Å². The fourth-order valence-corrected chi connectivity index (χ4v) is 2.16. The van der Waals surface area contributed by atoms with Crippen molar-refractivity contribution in [2.24, 2.45) is 0 Å². The van der Waals surface area contributed by atoms with Crippen LogP contribution in [0.25, 0.3) is 0 Å². The van der Waals surface area contributed by atoms with Crippen LogP contribution >= 0.6 is 31.9 Å². The molecule has 17 heavy (non-hydrogen) atoms. The molecule has 0 aliphatic heterocycles. The largest absolute Gasteiger partial charge is 0.384 e. The molecule has 0 radical (unpaired) electrons. The third kappa shape index (κ3) is 2.94. The van der Waals surface area contributed by atoms with Crippen molar-refractivity contribution in [3.05, 3.63) is 68.4 Å². The molecule has 0 amide bonds. The van der Waals surface area contributed by atoms with E-state index in [1.165, 1.54) is 12.1 Å². The van der Waals surface area contributed by atoms with Crippen molar-refractivity contribution >= 4 is 31.9 Å². The molecule has 4 heteroatoms. The molecule has 0 bridgehead atoms. The second-order valence-electron chi connectivity index (χ2n) is 3.63. The van der Waals surface area contributed by atoms with E-state index in [2.05, 4.69) is 31.9 Å². The van der Waals surface area contributed by atoms with Gasteiger partial charge in [0.2, 0.25) is 0 Å². The number of benzene rings is 2. The summed E-state index contributed by atoms with van der Waals surface area (Å²) >= 11 is 6.75. The monoisotopic (exact) mass is 358 g/mol. The predicted octanol–water partition coefficient (Wildman–Crippen LogP) is 4.43. The molecule has 2 aromatic carbocycles. The Morgan fingerprint density at radius 1 is 0.882 bits per heavy atom. The third-order valence-corrected chi connectivity index (χ3v) is 4.32. The van der Waals surface area contributed by atoms with Crippen LogP contribution in [-0.4, -0.2) is 5.11 Å². The van der Waals surface area contributed by atoms with Gasteiger partial charge in [0.05, 0.1) is 0 Å². The summed E-state index contributed by atoms with van der Waals surface area (Å²) in [6.45, 7) is 0. The highest BCUT2D eigenvalue weighted by Crippen LogP contribution is 2.29. The van der Waals surface area contributed by atoms with E-state index >= 15 is 0 Å². The molecule has 0 aliphatic carbocycles. The average Bonchev–Trinajstić information content (AvgIpc) is 2.33. The number of aliphatic hydroxyl groups is 1. The number of halogens is 3. The molecule has 0 fully saturated rings. The van der Waals surface area contributed by atoms with Gasteiger partial charge in [-0.3, -0.25) is 0 Å². The van der Waals surface area contributed by atoms with E-state index in [1.54, 1.807) is 12.1 Å². The number of hydrogen-bond donors (Lipinski definition) is 1. The lowest BCUT2D eigenvalue weighted by molar-refractivity contribution is 0.220. The van der Waals surface area contributed by atoms with E-state index in [4.69, 9.17) is 0 Å². The van der Waals surface area contributed by atoms with Crippen LogP contribution in [0.3, 0.4) is 0 Å². The maximum absolute atomic E-state index is 12.8. The lowest BCUT2D eigenvalue weighted by Crippen LogP contribution is -1.99. The van der Waals surface area contributed by atoms with Gasteiger partial charge in [0.1, 0.15) is 11.9 Å². The van der Waals surface area contributed by atoms with Crippen LogP contribution < -0.4 is 0 Å². The zero-order valence-electron chi connectivity index (χ0n) is 8.70. The Kier molecular flexibility index (Phi) is 3.97. The lowest BCUT2D eigenvalue weighted by Gasteiger charge is -2.12. The zero-order chi connectivity index (χ0) is 12.4. The summed E-state index contributed by atoms with van der Waals surface area (Å²) in [5, 5.41) is 10.1. The maximum Gasteiger partial charge on any atom is 0.123 e. The van der Waals surface area contributed by atoms with E-state index in [1.807, 2.05) is 18.2 Å². The second-order valence-corrected chi connectivity index (χ2v) is 5.34. The Labute approximate surface area is 116 Å². The van der Waals surface area contributed by atoms with Crippen molar-refractivity contribution in [2.75, 3.05) is 0 Å². The quantitative estimate of drug-likeness (QED) is 0.840. The van der Waals surface area contributed by atoms with Crippen LogP contribution in [0.2, 0.25) is 0 Å². The standard InChI is InChI=1S/C13H9Br2FO/c14-11-6-3-9(7-12(11)15)13(17)8-1-4-10(16)5-2-8/h1-7,13,17H. The zero-order valence-corrected chi connectivity index (χ0v) is 11.9. The topological polar surface area (TPSA) is 20.2 Å². The first-order valence-corrected chi connectivity index (χ1v) is 6.55. The molecule has 0 saturated heterocycles. The molecule has 0 spiro atoms. The maximum atomic E-state index is 12.8. The Balaban J connectivity index is 2.33. The highest BCUT2D eigenvalue weighted by Gasteiger charge is 2.11. The highest BCUT2D eigenvalue weighted by atomic mass is 79.9. The highest BCUT2D eigenvalue weighted by molar-refractivity contribution is 9.13. The van der Waals surface area contributed by atoms with E-state index in [0.717, 1.165) is 14.5 Å². The van der Waals surface area contributed by atoms with Gasteiger partial charge in [-0.05, 0) is 67.3 Å². The molecule has 1 N–H and O–H groups in total. The summed E-state index contributed by atoms with van der Waals surface area (Å²) in [5.74, 6) is -0.307. The average molecular weight is 360 g/mol. The summed E-state index contributed by atoms with van der Waals surface area (Å²) < 4.78 is 14.6. The van der Waals surface area contributed by atoms with Gasteiger partial charge >= 0.3 is 0 Å². The molecule has 1 nitrogen and oxygen atoms in total. The van der Waals surface area contributed by atoms with Crippen molar-refractivity contribution in [3.8, 4) is 0 Å². The first-order valence-electron chi connectivity index (χ1n) is 4.96. The van der Waals surface area contributed by atoms with E-state index < -0.39 is 6.10 Å². The molecule has 1 atom stereocenters. The minimum absolute atomic E-state index is 0.307. The SMILES string of the molecule is OC(c1ccc(F)cc1)c1ccc(Br)c(Br)c1. The minimum atomic E-state index is -0.750. The van der Waals surface area contributed by atoms with Gasteiger partial charge in [-0.15, -0.1) is 0 Å². The first kappa shape index (κ1) is 12.7. The third-order valence-electron chi connectivity index (χ3n) is 2.45. The molecule has 0 aromatic heterocycles. The van der Waals surface area contributed by atoms with Gasteiger partial charge in [0.25, 0.3) is 0 Å². The number of rotatable bonds is 2. The van der Waals surface area contributed by atoms with Crippen molar-refractivity contribution in [1.29, 1.82) is 0 Å². The molecule has 0 aliphatic rings. The van der Waals surface area contributed by atoms with E-state index in [9.17, 15) is 9.50 Å². The molecular weight excluding hydrogens is 351 g/mol. The van der Waals surface area contributed by atoms with Gasteiger partial charge in [0.15, 0.2) is 0 Å². The van der Waals surface area contributed by atoms with Crippen molar-refractivity contribution in [2.45, 2.75) is 6.10 Å². The van der Waals surface area contributed by atoms with Crippen molar-refractivity contribution in [3.63, 3.8) is 0 Å². The fraction of sp³-hybridized carbons (Fsp3) is 0.0769. The van der Waals surface area contributed by atoms with Crippen molar-refractivity contribution in [1.82, 2.24) is 0 Å². The summed E-state index contributed by atoms with van der Waals surface area (Å²) in [7, 11) is 0. The number of hydrogen-bond acceptors (Lipinski definition) is 1. The lowest BCUT2D eigenvalue weighted by atomic mass is 10.0. The van der Waals surface area contributed by atoms with Crippen LogP contribution in [0.15, 0.2) is 51.4 Å². The van der Waals surface area contributed by atoms with Gasteiger partial charge in [0, 0.05) is 8.95 Å². The second kappa shape index (κ2) is 5.29. The van der Waals surface area contributed by atoms with Crippen LogP contribution in [0.5, 0.6) is 0 Å². The molecular formula is C13H9Br2FO. The first-order chi connectivity index (χ1) is 8.08. The fourth-order valence-electron chi connectivity index (χ4n) is 1.52. The minimum Gasteiger partial charge on any atom is -0.384 e. The smallest absolute Gasteiger partial charge is 0.123 e. The Hall–Kier alpha value is -0.710. The molecule has 2 rings (SSSR count). The Morgan fingerprint density at radius 2 is 1.47 bits per heavy atom. The van der Waals surface area contributed by atoms with Crippen LogP contribution in [-0.2, 0) is 0 Å². The van der Waals surface area contributed by atoms with E-state index in [-0.39, 0.29) is 5.82 Å². The van der Waals surface area contributed by atoms with Crippen LogP contribution in [0.1, 0.15) is 17.2 Å². The molecule has 0 saturated carbocycles. The normalized spacial score (nSPS) is 12.5. The van der Waals surface area contributed by atoms with Gasteiger partial charge in [-0.2, -0.15) is 0 Å². The van der Waals surface area contributed by atoms with Gasteiger partial charge in [-0.1, -0.05) is 18.2 Å². The van der Waals surface area contributed by atoms with Crippen LogP contribution in [0.4, 0.5) is 4.39 Å². The Morgan fingerprint density at radius 3 is 2.06 bits per heavy atom. The summed E-state index contributed by atoms with van der Waals surface area (Å²) in [6.07, 6.45) is -0.750. The van der Waals surface area contributed by atoms with Gasteiger partial charge < -0.3 is 5.11 Å². The number of aliphatic hydroxyl groups excluding tert-OH is 1. The summed E-state index contributed by atoms with van der Waals surface area (Å²) in [5.41, 5.74) is 1.42. The molecule has 88 valence electrons. The summed E-state index contributed by atoms with van der Waals surface area (Å²) in [6, 6.07) is 11.3. The Bertz CT molecular complexity index is 525. The summed E-state index contributed by atoms with van der Waals surface area (Å²) in [4.78, 5) is 0. The van der Waals surface area contributed by atoms with E-state index in [0.29, 0.717) is 5.56 Å². The van der Waals surface area contributed by atoms with Gasteiger partial charge in [-0.25, -0.2) is 4.39 Å². The molecule has 1 unspecified atom stereocenters. The molecule has 2 aromatic rings. The van der Waals surface area contributed by atoms with Crippen LogP contribution in [0, 0.1) is 5.82 Å². The molecule has 0 heterocycles. The predicted molar refractivity (Wildman–Crippen MR) is 72.3 cm³/mol.